The quantitative estimate of drug-likeness (QED) is 0.366. The van der Waals surface area contributed by atoms with Gasteiger partial charge in [0.25, 0.3) is 0 Å². The molecular weight excluding hydrogens is 414 g/mol. The zero-order valence-corrected chi connectivity index (χ0v) is 18.3. The molecule has 6 rings (SSSR count). The molecule has 0 fully saturated rings. The van der Waals surface area contributed by atoms with Gasteiger partial charge in [0, 0.05) is 22.2 Å². The zero-order chi connectivity index (χ0) is 21.7. The first-order valence-electron chi connectivity index (χ1n) is 11.1. The minimum absolute atomic E-state index is 0.0284. The second-order valence-corrected chi connectivity index (χ2v) is 9.06. The average Bonchev–Trinajstić information content (AvgIpc) is 2.83. The van der Waals surface area contributed by atoms with Gasteiger partial charge in [0.05, 0.1) is 5.92 Å². The second kappa shape index (κ2) is 7.65. The Labute approximate surface area is 192 Å². The Bertz CT molecular complexity index is 1380. The lowest BCUT2D eigenvalue weighted by molar-refractivity contribution is -0.122. The van der Waals surface area contributed by atoms with Crippen molar-refractivity contribution in [2.75, 3.05) is 0 Å². The van der Waals surface area contributed by atoms with E-state index in [-0.39, 0.29) is 17.7 Å². The minimum Gasteiger partial charge on any atom is -0.325 e. The molecule has 156 valence electrons. The van der Waals surface area contributed by atoms with E-state index in [2.05, 4.69) is 72.0 Å². The third-order valence-corrected chi connectivity index (χ3v) is 7.15. The number of carbonyl (C=O) groups excluding carboxylic acids is 1. The minimum atomic E-state index is -0.304. The number of hydrogen-bond donors (Lipinski definition) is 1. The van der Waals surface area contributed by atoms with E-state index in [1.807, 2.05) is 24.3 Å². The van der Waals surface area contributed by atoms with E-state index in [1.54, 1.807) is 0 Å². The lowest BCUT2D eigenvalue weighted by Gasteiger charge is -2.39. The lowest BCUT2D eigenvalue weighted by Crippen LogP contribution is -2.39. The molecule has 0 aromatic heterocycles. The zero-order valence-electron chi connectivity index (χ0n) is 17.5. The van der Waals surface area contributed by atoms with Crippen LogP contribution in [0.15, 0.2) is 96.6 Å². The molecule has 2 nitrogen and oxygen atoms in total. The van der Waals surface area contributed by atoms with Crippen LogP contribution in [0.5, 0.6) is 0 Å². The Balaban J connectivity index is 1.63. The fourth-order valence-corrected chi connectivity index (χ4v) is 5.59. The van der Waals surface area contributed by atoms with Gasteiger partial charge < -0.3 is 5.32 Å². The number of fused-ring (bicyclic) bond motifs is 3. The number of nitrogens with one attached hydrogen (secondary N) is 1. The number of allylic oxidation sites excluding steroid dienone is 1. The van der Waals surface area contributed by atoms with E-state index in [4.69, 9.17) is 11.6 Å². The molecule has 1 amide bonds. The molecule has 0 radical (unpaired) electrons. The summed E-state index contributed by atoms with van der Waals surface area (Å²) in [6, 6.07) is 31.1. The summed E-state index contributed by atoms with van der Waals surface area (Å²) < 4.78 is 0. The predicted molar refractivity (Wildman–Crippen MR) is 131 cm³/mol. The van der Waals surface area contributed by atoms with Gasteiger partial charge in [-0.3, -0.25) is 4.79 Å². The lowest BCUT2D eigenvalue weighted by atomic mass is 9.69. The molecular formula is C29H22ClNO. The number of benzene rings is 4. The van der Waals surface area contributed by atoms with Crippen LogP contribution in [0.3, 0.4) is 0 Å². The Morgan fingerprint density at radius 1 is 0.750 bits per heavy atom. The van der Waals surface area contributed by atoms with E-state index in [0.717, 1.165) is 29.7 Å². The van der Waals surface area contributed by atoms with Crippen molar-refractivity contribution in [3.63, 3.8) is 0 Å². The highest BCUT2D eigenvalue weighted by Gasteiger charge is 2.41. The van der Waals surface area contributed by atoms with Gasteiger partial charge in [-0.2, -0.15) is 0 Å². The summed E-state index contributed by atoms with van der Waals surface area (Å²) in [5.74, 6) is -0.290. The van der Waals surface area contributed by atoms with Crippen molar-refractivity contribution < 1.29 is 4.79 Å². The number of rotatable bonds is 2. The maximum Gasteiger partial charge on any atom is 0.232 e. The summed E-state index contributed by atoms with van der Waals surface area (Å²) in [6.45, 7) is 0. The molecule has 1 heterocycles. The Hall–Kier alpha value is -3.36. The molecule has 0 saturated heterocycles. The number of hydrogen-bond acceptors (Lipinski definition) is 1. The van der Waals surface area contributed by atoms with Gasteiger partial charge in [-0.05, 0) is 58.0 Å². The summed E-state index contributed by atoms with van der Waals surface area (Å²) in [6.07, 6.45) is 1.92. The molecule has 1 aliphatic heterocycles. The van der Waals surface area contributed by atoms with Gasteiger partial charge in [0.1, 0.15) is 0 Å². The van der Waals surface area contributed by atoms with Crippen LogP contribution in [0.1, 0.15) is 40.5 Å². The fourth-order valence-electron chi connectivity index (χ4n) is 5.46. The fraction of sp³-hybridized carbons (Fsp3) is 0.138. The number of aryl methyl sites for hydroxylation is 1. The Kier molecular flexibility index (Phi) is 4.62. The third-order valence-electron chi connectivity index (χ3n) is 6.90. The number of carbonyl (C=O) groups is 1. The molecule has 0 saturated carbocycles. The molecule has 2 aliphatic rings. The molecule has 2 atom stereocenters. The standard InChI is InChI=1S/C29H22ClNO/c30-21-15-12-20(13-16-21)26-27(24-11-5-8-18-6-1-3-9-22(18)24)25-17-14-19-7-2-4-10-23(19)28(25)31-29(26)32/h1-13,15-16,26-27H,14,17H2,(H,31,32). The van der Waals surface area contributed by atoms with Crippen LogP contribution >= 0.6 is 11.6 Å². The largest absolute Gasteiger partial charge is 0.325 e. The first-order chi connectivity index (χ1) is 15.7. The van der Waals surface area contributed by atoms with Crippen LogP contribution in [-0.2, 0) is 11.2 Å². The molecule has 4 aromatic rings. The molecule has 2 unspecified atom stereocenters. The molecule has 32 heavy (non-hydrogen) atoms. The molecule has 0 spiro atoms. The van der Waals surface area contributed by atoms with Crippen molar-refractivity contribution in [2.24, 2.45) is 0 Å². The highest BCUT2D eigenvalue weighted by molar-refractivity contribution is 6.30. The summed E-state index contributed by atoms with van der Waals surface area (Å²) in [4.78, 5) is 13.7. The molecule has 0 bridgehead atoms. The van der Waals surface area contributed by atoms with E-state index in [0.29, 0.717) is 5.02 Å². The first kappa shape index (κ1) is 19.3. The van der Waals surface area contributed by atoms with Crippen molar-refractivity contribution >= 4 is 34.0 Å². The van der Waals surface area contributed by atoms with Gasteiger partial charge in [0.2, 0.25) is 5.91 Å². The normalized spacial score (nSPS) is 20.0. The van der Waals surface area contributed by atoms with Crippen molar-refractivity contribution in [1.82, 2.24) is 5.32 Å². The van der Waals surface area contributed by atoms with Crippen LogP contribution < -0.4 is 5.32 Å². The van der Waals surface area contributed by atoms with Gasteiger partial charge in [-0.15, -0.1) is 0 Å². The summed E-state index contributed by atoms with van der Waals surface area (Å²) in [5, 5.41) is 6.38. The summed E-state index contributed by atoms with van der Waals surface area (Å²) >= 11 is 6.18. The summed E-state index contributed by atoms with van der Waals surface area (Å²) in [7, 11) is 0. The van der Waals surface area contributed by atoms with Crippen LogP contribution in [0, 0.1) is 0 Å². The van der Waals surface area contributed by atoms with Crippen molar-refractivity contribution in [1.29, 1.82) is 0 Å². The number of halogens is 1. The highest BCUT2D eigenvalue weighted by atomic mass is 35.5. The Morgan fingerprint density at radius 3 is 2.38 bits per heavy atom. The van der Waals surface area contributed by atoms with Crippen molar-refractivity contribution in [3.05, 3.63) is 124 Å². The molecule has 4 aromatic carbocycles. The smallest absolute Gasteiger partial charge is 0.232 e. The van der Waals surface area contributed by atoms with Crippen LogP contribution in [0.25, 0.3) is 16.5 Å². The SMILES string of the molecule is O=C1NC2=C(CCc3ccccc32)C(c2cccc3ccccc23)C1c1ccc(Cl)cc1. The average molecular weight is 436 g/mol. The third kappa shape index (κ3) is 3.06. The number of amides is 1. The maximum absolute atomic E-state index is 13.7. The van der Waals surface area contributed by atoms with Crippen molar-refractivity contribution in [3.8, 4) is 0 Å². The van der Waals surface area contributed by atoms with Gasteiger partial charge in [0.15, 0.2) is 0 Å². The monoisotopic (exact) mass is 435 g/mol. The van der Waals surface area contributed by atoms with E-state index in [9.17, 15) is 4.79 Å². The predicted octanol–water partition coefficient (Wildman–Crippen LogP) is 6.85. The molecule has 1 N–H and O–H groups in total. The molecule has 3 heteroatoms. The maximum atomic E-state index is 13.7. The summed E-state index contributed by atoms with van der Waals surface area (Å²) in [5.41, 5.74) is 6.98. The topological polar surface area (TPSA) is 29.1 Å². The van der Waals surface area contributed by atoms with E-state index < -0.39 is 0 Å². The van der Waals surface area contributed by atoms with E-state index in [1.165, 1.54) is 27.5 Å². The highest BCUT2D eigenvalue weighted by Crippen LogP contribution is 2.49. The Morgan fingerprint density at radius 2 is 1.50 bits per heavy atom. The molecule has 1 aliphatic carbocycles. The van der Waals surface area contributed by atoms with Gasteiger partial charge in [-0.25, -0.2) is 0 Å². The first-order valence-corrected chi connectivity index (χ1v) is 11.4. The van der Waals surface area contributed by atoms with Crippen LogP contribution in [-0.4, -0.2) is 5.91 Å². The van der Waals surface area contributed by atoms with Gasteiger partial charge in [-0.1, -0.05) is 90.5 Å². The van der Waals surface area contributed by atoms with Gasteiger partial charge >= 0.3 is 0 Å². The van der Waals surface area contributed by atoms with E-state index >= 15 is 0 Å². The van der Waals surface area contributed by atoms with Crippen LogP contribution in [0.2, 0.25) is 5.02 Å². The second-order valence-electron chi connectivity index (χ2n) is 8.62. The van der Waals surface area contributed by atoms with Crippen molar-refractivity contribution in [2.45, 2.75) is 24.7 Å². The van der Waals surface area contributed by atoms with Crippen LogP contribution in [0.4, 0.5) is 0 Å².